The quantitative estimate of drug-likeness (QED) is 0.581. The van der Waals surface area contributed by atoms with Gasteiger partial charge in [0, 0.05) is 17.0 Å². The Morgan fingerprint density at radius 1 is 1.24 bits per heavy atom. The molecular formula is C21H30F3N5O3S. The Morgan fingerprint density at radius 3 is 2.30 bits per heavy atom. The number of urea groups is 1. The summed E-state index contributed by atoms with van der Waals surface area (Å²) < 4.78 is 41.3. The van der Waals surface area contributed by atoms with Gasteiger partial charge in [-0.05, 0) is 52.5 Å². The van der Waals surface area contributed by atoms with Crippen LogP contribution >= 0.6 is 11.3 Å². The number of nitrogens with one attached hydrogen (secondary N) is 1. The molecule has 2 aromatic rings. The van der Waals surface area contributed by atoms with Crippen molar-refractivity contribution in [1.29, 1.82) is 0 Å². The Morgan fingerprint density at radius 2 is 1.85 bits per heavy atom. The average molecular weight is 490 g/mol. The second-order valence-corrected chi connectivity index (χ2v) is 10.7. The van der Waals surface area contributed by atoms with Crippen LogP contribution in [0.5, 0.6) is 0 Å². The van der Waals surface area contributed by atoms with E-state index in [-0.39, 0.29) is 16.8 Å². The molecule has 33 heavy (non-hydrogen) atoms. The summed E-state index contributed by atoms with van der Waals surface area (Å²) in [5.74, 6) is 0. The summed E-state index contributed by atoms with van der Waals surface area (Å²) in [7, 11) is 0. The highest BCUT2D eigenvalue weighted by atomic mass is 32.1. The normalized spacial score (nSPS) is 15.8. The molecule has 1 aliphatic carbocycles. The van der Waals surface area contributed by atoms with Crippen molar-refractivity contribution in [3.8, 4) is 0 Å². The number of aromatic nitrogens is 2. The number of hydrazine groups is 1. The number of carbonyl (C=O) groups is 1. The van der Waals surface area contributed by atoms with Crippen molar-refractivity contribution in [1.82, 2.24) is 19.6 Å². The van der Waals surface area contributed by atoms with E-state index in [9.17, 15) is 27.6 Å². The Hall–Kier alpha value is -2.34. The Balaban J connectivity index is 2.21. The van der Waals surface area contributed by atoms with Gasteiger partial charge in [-0.25, -0.2) is 15.0 Å². The third kappa shape index (κ3) is 5.11. The number of fused-ring (bicyclic) bond motifs is 1. The molecule has 0 aliphatic heterocycles. The maximum Gasteiger partial charge on any atom is 0.390 e. The van der Waals surface area contributed by atoms with E-state index in [1.807, 2.05) is 27.7 Å². The molecule has 2 heterocycles. The Kier molecular flexibility index (Phi) is 6.48. The summed E-state index contributed by atoms with van der Waals surface area (Å²) in [4.78, 5) is 39.5. The van der Waals surface area contributed by atoms with Crippen molar-refractivity contribution in [2.24, 2.45) is 5.73 Å². The van der Waals surface area contributed by atoms with Crippen LogP contribution in [0, 0.1) is 6.92 Å². The molecule has 8 nitrogen and oxygen atoms in total. The first-order valence-electron chi connectivity index (χ1n) is 10.8. The van der Waals surface area contributed by atoms with Gasteiger partial charge in [0.1, 0.15) is 4.83 Å². The fraction of sp³-hybridized carbons (Fsp3) is 0.667. The number of hydrogen-bond acceptors (Lipinski definition) is 5. The van der Waals surface area contributed by atoms with E-state index in [2.05, 4.69) is 5.43 Å². The van der Waals surface area contributed by atoms with Gasteiger partial charge in [-0.2, -0.15) is 13.2 Å². The van der Waals surface area contributed by atoms with Gasteiger partial charge in [0.05, 0.1) is 23.9 Å². The van der Waals surface area contributed by atoms with Gasteiger partial charge in [0.2, 0.25) is 0 Å². The fourth-order valence-corrected chi connectivity index (χ4v) is 5.30. The van der Waals surface area contributed by atoms with Crippen LogP contribution in [0.4, 0.5) is 18.0 Å². The summed E-state index contributed by atoms with van der Waals surface area (Å²) >= 11 is 1.04. The van der Waals surface area contributed by atoms with Gasteiger partial charge < -0.3 is 5.73 Å². The van der Waals surface area contributed by atoms with Gasteiger partial charge in [-0.3, -0.25) is 18.9 Å². The topological polar surface area (TPSA) is 102 Å². The lowest BCUT2D eigenvalue weighted by molar-refractivity contribution is -0.136. The second-order valence-electron chi connectivity index (χ2n) is 9.63. The highest BCUT2D eigenvalue weighted by molar-refractivity contribution is 7.18. The smallest absolute Gasteiger partial charge is 0.350 e. The van der Waals surface area contributed by atoms with Crippen molar-refractivity contribution < 1.29 is 18.0 Å². The molecule has 3 rings (SSSR count). The number of thiophene rings is 1. The minimum Gasteiger partial charge on any atom is -0.350 e. The Bertz CT molecular complexity index is 1190. The molecule has 3 N–H and O–H groups in total. The molecule has 0 radical (unpaired) electrons. The zero-order valence-corrected chi connectivity index (χ0v) is 20.2. The number of amides is 2. The molecule has 0 aromatic carbocycles. The molecule has 12 heteroatoms. The molecule has 0 saturated heterocycles. The van der Waals surface area contributed by atoms with Crippen molar-refractivity contribution in [3.05, 3.63) is 31.3 Å². The first kappa shape index (κ1) is 25.3. The maximum atomic E-state index is 13.4. The van der Waals surface area contributed by atoms with Gasteiger partial charge in [-0.1, -0.05) is 6.92 Å². The number of alkyl halides is 3. The molecule has 2 amide bonds. The highest BCUT2D eigenvalue weighted by Crippen LogP contribution is 2.45. The number of nitrogens with two attached hydrogens (primary N) is 1. The molecule has 1 aliphatic rings. The first-order chi connectivity index (χ1) is 15.1. The summed E-state index contributed by atoms with van der Waals surface area (Å²) in [5, 5.41) is 1.42. The molecule has 1 fully saturated rings. The molecule has 1 saturated carbocycles. The van der Waals surface area contributed by atoms with Crippen molar-refractivity contribution in [2.75, 3.05) is 0 Å². The Labute approximate surface area is 193 Å². The molecule has 184 valence electrons. The number of hydrogen-bond donors (Lipinski definition) is 2. The predicted molar refractivity (Wildman–Crippen MR) is 121 cm³/mol. The van der Waals surface area contributed by atoms with Crippen LogP contribution in [0.25, 0.3) is 10.2 Å². The van der Waals surface area contributed by atoms with E-state index >= 15 is 0 Å². The number of halogens is 3. The molecular weight excluding hydrogens is 459 g/mol. The average Bonchev–Trinajstić information content (AvgIpc) is 3.38. The summed E-state index contributed by atoms with van der Waals surface area (Å²) in [5.41, 5.74) is 6.67. The number of primary amides is 1. The third-order valence-electron chi connectivity index (χ3n) is 5.93. The van der Waals surface area contributed by atoms with Crippen LogP contribution in [-0.2, 0) is 18.6 Å². The van der Waals surface area contributed by atoms with Crippen LogP contribution in [-0.4, -0.2) is 31.9 Å². The highest BCUT2D eigenvalue weighted by Gasteiger charge is 2.46. The summed E-state index contributed by atoms with van der Waals surface area (Å²) in [6, 6.07) is -0.739. The maximum absolute atomic E-state index is 13.4. The van der Waals surface area contributed by atoms with Crippen LogP contribution in [0.15, 0.2) is 9.59 Å². The third-order valence-corrected chi connectivity index (χ3v) is 7.23. The van der Waals surface area contributed by atoms with E-state index in [0.717, 1.165) is 20.5 Å². The van der Waals surface area contributed by atoms with E-state index in [1.165, 1.54) is 5.01 Å². The number of nitrogens with zero attached hydrogens (tertiary/aromatic N) is 3. The SMILES string of the molecule is CCC1(n2c(=O)c3c(C)c(CN(NC(C)(C)C)C(N)=O)sc3n(CCC(F)(F)F)c2=O)CC1. The van der Waals surface area contributed by atoms with Gasteiger partial charge in [-0.15, -0.1) is 11.3 Å². The molecule has 0 atom stereocenters. The lowest BCUT2D eigenvalue weighted by Gasteiger charge is -2.30. The second kappa shape index (κ2) is 8.46. The number of carbonyl (C=O) groups excluding carboxylic acids is 1. The zero-order chi connectivity index (χ0) is 24.9. The molecule has 2 aromatic heterocycles. The minimum atomic E-state index is -4.46. The monoisotopic (exact) mass is 489 g/mol. The van der Waals surface area contributed by atoms with E-state index in [0.29, 0.717) is 29.7 Å². The van der Waals surface area contributed by atoms with Crippen molar-refractivity contribution in [3.63, 3.8) is 0 Å². The zero-order valence-electron chi connectivity index (χ0n) is 19.4. The van der Waals surface area contributed by atoms with Gasteiger partial charge in [0.25, 0.3) is 5.56 Å². The van der Waals surface area contributed by atoms with Crippen LogP contribution in [0.3, 0.4) is 0 Å². The predicted octanol–water partition coefficient (Wildman–Crippen LogP) is 3.57. The van der Waals surface area contributed by atoms with Gasteiger partial charge in [0.15, 0.2) is 0 Å². The van der Waals surface area contributed by atoms with Crippen molar-refractivity contribution >= 4 is 27.6 Å². The number of rotatable bonds is 7. The lowest BCUT2D eigenvalue weighted by Crippen LogP contribution is -2.53. The van der Waals surface area contributed by atoms with Crippen LogP contribution in [0.2, 0.25) is 0 Å². The summed E-state index contributed by atoms with van der Waals surface area (Å²) in [6.07, 6.45) is -3.85. The van der Waals surface area contributed by atoms with Gasteiger partial charge >= 0.3 is 17.9 Å². The van der Waals surface area contributed by atoms with Crippen LogP contribution < -0.4 is 22.4 Å². The van der Waals surface area contributed by atoms with E-state index in [1.54, 1.807) is 6.92 Å². The molecule has 0 bridgehead atoms. The summed E-state index contributed by atoms with van der Waals surface area (Å²) in [6.45, 7) is 8.48. The minimum absolute atomic E-state index is 0.00358. The standard InChI is InChI=1S/C21H30F3N5O3S/c1-6-20(7-8-20)29-15(30)14-12(2)13(11-28(17(25)31)26-19(3,4)5)33-16(14)27(18(29)32)10-9-21(22,23)24/h26H,6-11H2,1-5H3,(H2,25,31). The van der Waals surface area contributed by atoms with Crippen LogP contribution in [0.1, 0.15) is 63.8 Å². The lowest BCUT2D eigenvalue weighted by atomic mass is 10.1. The number of aryl methyl sites for hydroxylation is 2. The fourth-order valence-electron chi connectivity index (χ4n) is 4.00. The first-order valence-corrected chi connectivity index (χ1v) is 11.6. The largest absolute Gasteiger partial charge is 0.390 e. The van der Waals surface area contributed by atoms with E-state index < -0.39 is 47.5 Å². The van der Waals surface area contributed by atoms with E-state index in [4.69, 9.17) is 5.73 Å². The molecule has 0 spiro atoms. The molecule has 0 unspecified atom stereocenters. The van der Waals surface area contributed by atoms with Crippen molar-refractivity contribution in [2.45, 2.75) is 90.6 Å².